The third kappa shape index (κ3) is 5.72. The number of piperidine rings is 1. The van der Waals surface area contributed by atoms with Gasteiger partial charge in [0.1, 0.15) is 16.4 Å². The molecule has 3 aromatic rings. The second-order valence-electron chi connectivity index (χ2n) is 9.66. The van der Waals surface area contributed by atoms with Gasteiger partial charge in [-0.15, -0.1) is 0 Å². The molecule has 3 N–H and O–H groups in total. The smallest absolute Gasteiger partial charge is 0.436 e. The molecule has 192 valence electrons. The number of ether oxygens (including phenoxy) is 1. The van der Waals surface area contributed by atoms with Crippen LogP contribution in [-0.2, 0) is 16.4 Å². The fourth-order valence-electron chi connectivity index (χ4n) is 4.09. The lowest BCUT2D eigenvalue weighted by molar-refractivity contribution is -0.140. The molecule has 4 rings (SSSR count). The van der Waals surface area contributed by atoms with Crippen molar-refractivity contribution < 1.29 is 22.7 Å². The Balaban J connectivity index is 1.62. The number of hydrogen-bond acceptors (Lipinski definition) is 7. The predicted molar refractivity (Wildman–Crippen MR) is 134 cm³/mol. The summed E-state index contributed by atoms with van der Waals surface area (Å²) in [4.78, 5) is 21.3. The average molecular weight is 520 g/mol. The molecule has 1 saturated heterocycles. The van der Waals surface area contributed by atoms with Gasteiger partial charge in [0.25, 0.3) is 0 Å². The Morgan fingerprint density at radius 2 is 1.83 bits per heavy atom. The van der Waals surface area contributed by atoms with Gasteiger partial charge in [-0.3, -0.25) is 4.79 Å². The average Bonchev–Trinajstić information content (AvgIpc) is 3.25. The van der Waals surface area contributed by atoms with E-state index in [9.17, 15) is 18.0 Å². The Kier molecular flexibility index (Phi) is 7.12. The number of carbonyl (C=O) groups excluding carboxylic acids is 1. The van der Waals surface area contributed by atoms with Gasteiger partial charge in [-0.25, -0.2) is 9.97 Å². The van der Waals surface area contributed by atoms with E-state index in [0.717, 1.165) is 16.9 Å². The zero-order valence-electron chi connectivity index (χ0n) is 20.2. The molecular formula is C25H28F3N5O2S. The molecule has 1 aromatic carbocycles. The van der Waals surface area contributed by atoms with Gasteiger partial charge in [0.2, 0.25) is 11.8 Å². The Labute approximate surface area is 211 Å². The molecule has 1 fully saturated rings. The highest BCUT2D eigenvalue weighted by Crippen LogP contribution is 2.44. The molecule has 0 atom stereocenters. The van der Waals surface area contributed by atoms with E-state index in [1.165, 1.54) is 0 Å². The van der Waals surface area contributed by atoms with Crippen LogP contribution in [0.1, 0.15) is 44.9 Å². The molecule has 0 bridgehead atoms. The highest BCUT2D eigenvalue weighted by atomic mass is 32.1. The van der Waals surface area contributed by atoms with E-state index in [1.807, 2.05) is 24.3 Å². The number of aromatic nitrogens is 2. The maximum absolute atomic E-state index is 13.9. The van der Waals surface area contributed by atoms with Gasteiger partial charge in [-0.1, -0.05) is 50.3 Å². The van der Waals surface area contributed by atoms with E-state index in [4.69, 9.17) is 10.5 Å². The predicted octanol–water partition coefficient (Wildman–Crippen LogP) is 6.09. The number of halogens is 3. The molecule has 0 radical (unpaired) electrons. The summed E-state index contributed by atoms with van der Waals surface area (Å²) in [6.45, 7) is 6.78. The highest BCUT2D eigenvalue weighted by molar-refractivity contribution is 7.19. The lowest BCUT2D eigenvalue weighted by atomic mass is 9.86. The molecule has 2 aromatic heterocycles. The van der Waals surface area contributed by atoms with E-state index < -0.39 is 17.8 Å². The summed E-state index contributed by atoms with van der Waals surface area (Å²) in [6.07, 6.45) is -2.27. The second kappa shape index (κ2) is 9.96. The standard InChI is InChI=1S/C25H28F3N5O2S/c1-24(2,3)16-7-4-5-9-18(16)35-21-17(8-6-12-30-21)31-23-32-19(25(26,27)28)22(36-23)33-13-10-15(11-14-33)20(29)34/h4-9,12,15H,10-11,13-14H2,1-3H3,(H2,29,34)(H,31,32). The van der Waals surface area contributed by atoms with E-state index in [0.29, 0.717) is 37.4 Å². The number of rotatable bonds is 6. The van der Waals surface area contributed by atoms with Crippen molar-refractivity contribution in [3.63, 3.8) is 0 Å². The summed E-state index contributed by atoms with van der Waals surface area (Å²) < 4.78 is 47.7. The van der Waals surface area contributed by atoms with Crippen LogP contribution in [0.25, 0.3) is 0 Å². The number of carbonyl (C=O) groups is 1. The molecule has 7 nitrogen and oxygen atoms in total. The van der Waals surface area contributed by atoms with Crippen LogP contribution in [0.15, 0.2) is 42.6 Å². The summed E-state index contributed by atoms with van der Waals surface area (Å²) in [7, 11) is 0. The van der Waals surface area contributed by atoms with Crippen LogP contribution >= 0.6 is 11.3 Å². The molecule has 1 aliphatic rings. The van der Waals surface area contributed by atoms with Crippen molar-refractivity contribution in [2.75, 3.05) is 23.3 Å². The number of alkyl halides is 3. The van der Waals surface area contributed by atoms with Crippen molar-refractivity contribution in [3.8, 4) is 11.6 Å². The lowest BCUT2D eigenvalue weighted by Gasteiger charge is -2.31. The quantitative estimate of drug-likeness (QED) is 0.409. The van der Waals surface area contributed by atoms with Crippen molar-refractivity contribution in [2.24, 2.45) is 11.7 Å². The summed E-state index contributed by atoms with van der Waals surface area (Å²) in [6, 6.07) is 10.9. The Morgan fingerprint density at radius 3 is 2.47 bits per heavy atom. The van der Waals surface area contributed by atoms with Gasteiger partial charge >= 0.3 is 6.18 Å². The van der Waals surface area contributed by atoms with Crippen molar-refractivity contribution in [3.05, 3.63) is 53.9 Å². The molecular weight excluding hydrogens is 491 g/mol. The number of hydrogen-bond donors (Lipinski definition) is 2. The van der Waals surface area contributed by atoms with Crippen LogP contribution in [0, 0.1) is 5.92 Å². The van der Waals surface area contributed by atoms with Gasteiger partial charge in [0.05, 0.1) is 0 Å². The fraction of sp³-hybridized carbons (Fsp3) is 0.400. The van der Waals surface area contributed by atoms with E-state index in [1.54, 1.807) is 23.2 Å². The summed E-state index contributed by atoms with van der Waals surface area (Å²) in [5, 5.41) is 3.05. The number of amides is 1. The van der Waals surface area contributed by atoms with E-state index in [2.05, 4.69) is 36.1 Å². The number of nitrogens with two attached hydrogens (primary N) is 1. The molecule has 3 heterocycles. The Bertz CT molecular complexity index is 1230. The SMILES string of the molecule is CC(C)(C)c1ccccc1Oc1ncccc1Nc1nc(C(F)(F)F)c(N2CCC(C(N)=O)CC2)s1. The molecule has 0 saturated carbocycles. The lowest BCUT2D eigenvalue weighted by Crippen LogP contribution is -2.38. The van der Waals surface area contributed by atoms with E-state index >= 15 is 0 Å². The normalized spacial score (nSPS) is 15.1. The zero-order valence-corrected chi connectivity index (χ0v) is 21.0. The van der Waals surface area contributed by atoms with E-state index in [-0.39, 0.29) is 27.3 Å². The fourth-order valence-corrected chi connectivity index (χ4v) is 5.14. The van der Waals surface area contributed by atoms with Crippen LogP contribution < -0.4 is 20.7 Å². The minimum Gasteiger partial charge on any atom is -0.437 e. The van der Waals surface area contributed by atoms with Crippen LogP contribution in [0.5, 0.6) is 11.6 Å². The molecule has 11 heteroatoms. The first-order valence-electron chi connectivity index (χ1n) is 11.5. The number of pyridine rings is 1. The minimum atomic E-state index is -4.63. The summed E-state index contributed by atoms with van der Waals surface area (Å²) in [5.41, 5.74) is 5.58. The topological polar surface area (TPSA) is 93.4 Å². The first-order valence-corrected chi connectivity index (χ1v) is 12.4. The Morgan fingerprint density at radius 1 is 1.14 bits per heavy atom. The van der Waals surface area contributed by atoms with Gasteiger partial charge in [0.15, 0.2) is 10.8 Å². The number of thiazole rings is 1. The second-order valence-corrected chi connectivity index (χ2v) is 10.6. The molecule has 1 amide bonds. The minimum absolute atomic E-state index is 0.0114. The zero-order chi connectivity index (χ0) is 26.1. The van der Waals surface area contributed by atoms with Crippen molar-refractivity contribution in [1.82, 2.24) is 9.97 Å². The monoisotopic (exact) mass is 519 g/mol. The van der Waals surface area contributed by atoms with Crippen LogP contribution in [-0.4, -0.2) is 29.0 Å². The molecule has 36 heavy (non-hydrogen) atoms. The molecule has 0 spiro atoms. The first kappa shape index (κ1) is 25.7. The first-order chi connectivity index (χ1) is 16.9. The summed E-state index contributed by atoms with van der Waals surface area (Å²) >= 11 is 0.904. The van der Waals surface area contributed by atoms with Gasteiger partial charge in [-0.05, 0) is 36.5 Å². The number of primary amides is 1. The third-order valence-corrected chi connectivity index (χ3v) is 7.01. The number of nitrogens with zero attached hydrogens (tertiary/aromatic N) is 3. The van der Waals surface area contributed by atoms with Crippen LogP contribution in [0.2, 0.25) is 0 Å². The largest absolute Gasteiger partial charge is 0.437 e. The maximum atomic E-state index is 13.9. The Hall–Kier alpha value is -3.34. The maximum Gasteiger partial charge on any atom is 0.436 e. The van der Waals surface area contributed by atoms with Crippen LogP contribution in [0.4, 0.5) is 29.0 Å². The number of para-hydroxylation sites is 1. The van der Waals surface area contributed by atoms with Gasteiger partial charge in [0, 0.05) is 30.8 Å². The highest BCUT2D eigenvalue weighted by Gasteiger charge is 2.40. The third-order valence-electron chi connectivity index (χ3n) is 5.98. The number of nitrogens with one attached hydrogen (secondary N) is 1. The van der Waals surface area contributed by atoms with Crippen molar-refractivity contribution in [2.45, 2.75) is 45.2 Å². The van der Waals surface area contributed by atoms with Crippen LogP contribution in [0.3, 0.4) is 0 Å². The summed E-state index contributed by atoms with van der Waals surface area (Å²) in [5.74, 6) is 0.0864. The van der Waals surface area contributed by atoms with Crippen molar-refractivity contribution >= 4 is 33.1 Å². The van der Waals surface area contributed by atoms with Gasteiger partial charge in [-0.2, -0.15) is 13.2 Å². The molecule has 1 aliphatic heterocycles. The molecule has 0 aliphatic carbocycles. The van der Waals surface area contributed by atoms with Crippen molar-refractivity contribution in [1.29, 1.82) is 0 Å². The number of anilines is 3. The number of benzene rings is 1. The van der Waals surface area contributed by atoms with Gasteiger partial charge < -0.3 is 20.7 Å². The molecule has 0 unspecified atom stereocenters.